The Balaban J connectivity index is 2.23. The highest BCUT2D eigenvalue weighted by Gasteiger charge is 2.27. The Hall–Kier alpha value is -1.21. The molecule has 1 N–H and O–H groups in total. The minimum Gasteiger partial charge on any atom is -0.370 e. The van der Waals surface area contributed by atoms with Crippen LogP contribution in [0.5, 0.6) is 0 Å². The molecule has 7 heteroatoms. The molecule has 0 radical (unpaired) electrons. The third kappa shape index (κ3) is 8.86. The van der Waals surface area contributed by atoms with E-state index in [4.69, 9.17) is 0 Å². The number of amides is 1. The molecule has 3 nitrogen and oxygen atoms in total. The molecule has 0 aromatic heterocycles. The molecule has 1 rings (SSSR count). The fourth-order valence-electron chi connectivity index (χ4n) is 1.70. The van der Waals surface area contributed by atoms with Crippen molar-refractivity contribution in [3.63, 3.8) is 0 Å². The summed E-state index contributed by atoms with van der Waals surface area (Å²) in [6, 6.07) is 7.99. The van der Waals surface area contributed by atoms with Crippen molar-refractivity contribution in [2.75, 3.05) is 25.5 Å². The number of thioether (sulfide) groups is 1. The first-order chi connectivity index (χ1) is 10.6. The minimum absolute atomic E-state index is 0.0679. The van der Waals surface area contributed by atoms with E-state index in [-0.39, 0.29) is 30.2 Å². The van der Waals surface area contributed by atoms with Crippen LogP contribution >= 0.6 is 11.8 Å². The van der Waals surface area contributed by atoms with E-state index in [0.29, 0.717) is 0 Å². The van der Waals surface area contributed by atoms with Crippen molar-refractivity contribution >= 4 is 17.7 Å². The van der Waals surface area contributed by atoms with Crippen LogP contribution in [0.1, 0.15) is 26.3 Å². The summed E-state index contributed by atoms with van der Waals surface area (Å²) in [5.74, 6) is -0.0146. The van der Waals surface area contributed by atoms with E-state index in [1.54, 1.807) is 0 Å². The molecule has 0 atom stereocenters. The van der Waals surface area contributed by atoms with Crippen molar-refractivity contribution in [2.45, 2.75) is 37.3 Å². The number of halogens is 3. The van der Waals surface area contributed by atoms with Crippen molar-refractivity contribution < 1.29 is 22.7 Å². The van der Waals surface area contributed by atoms with Gasteiger partial charge >= 0.3 is 6.18 Å². The zero-order valence-electron chi connectivity index (χ0n) is 13.5. The van der Waals surface area contributed by atoms with Crippen molar-refractivity contribution in [2.24, 2.45) is 0 Å². The fraction of sp³-hybridized carbons (Fsp3) is 0.562. The largest absolute Gasteiger partial charge is 0.411 e. The van der Waals surface area contributed by atoms with E-state index in [9.17, 15) is 18.0 Å². The Morgan fingerprint density at radius 3 is 2.30 bits per heavy atom. The first-order valence-electron chi connectivity index (χ1n) is 7.22. The van der Waals surface area contributed by atoms with Gasteiger partial charge in [0, 0.05) is 11.4 Å². The molecule has 0 saturated carbocycles. The van der Waals surface area contributed by atoms with E-state index in [1.807, 2.05) is 24.3 Å². The maximum atomic E-state index is 11.8. The van der Waals surface area contributed by atoms with E-state index in [2.05, 4.69) is 30.8 Å². The van der Waals surface area contributed by atoms with Crippen LogP contribution in [0, 0.1) is 0 Å². The van der Waals surface area contributed by atoms with Crippen molar-refractivity contribution in [3.8, 4) is 0 Å². The second kappa shape index (κ2) is 8.59. The molecule has 130 valence electrons. The molecule has 0 bridgehead atoms. The Labute approximate surface area is 139 Å². The quantitative estimate of drug-likeness (QED) is 0.601. The Kier molecular flexibility index (Phi) is 7.41. The minimum atomic E-state index is -4.33. The summed E-state index contributed by atoms with van der Waals surface area (Å²) in [6.45, 7) is 5.00. The summed E-state index contributed by atoms with van der Waals surface area (Å²) in [4.78, 5) is 12.6. The third-order valence-electron chi connectivity index (χ3n) is 2.92. The predicted molar refractivity (Wildman–Crippen MR) is 85.7 cm³/mol. The van der Waals surface area contributed by atoms with E-state index < -0.39 is 12.8 Å². The van der Waals surface area contributed by atoms with Crippen LogP contribution in [0.4, 0.5) is 13.2 Å². The molecular formula is C16H22F3NO2S. The van der Waals surface area contributed by atoms with Gasteiger partial charge in [-0.2, -0.15) is 13.2 Å². The first kappa shape index (κ1) is 19.8. The number of ether oxygens (including phenoxy) is 1. The molecule has 0 spiro atoms. The van der Waals surface area contributed by atoms with Crippen LogP contribution in [0.3, 0.4) is 0 Å². The summed E-state index contributed by atoms with van der Waals surface area (Å²) in [6.07, 6.45) is -4.33. The van der Waals surface area contributed by atoms with Crippen molar-refractivity contribution in [1.29, 1.82) is 0 Å². The molecule has 0 saturated heterocycles. The van der Waals surface area contributed by atoms with Crippen molar-refractivity contribution in [1.82, 2.24) is 5.32 Å². The molecular weight excluding hydrogens is 327 g/mol. The van der Waals surface area contributed by atoms with Gasteiger partial charge in [0.15, 0.2) is 0 Å². The molecule has 1 aromatic carbocycles. The second-order valence-corrected chi connectivity index (χ2v) is 7.13. The number of nitrogens with one attached hydrogen (secondary N) is 1. The van der Waals surface area contributed by atoms with Gasteiger partial charge in [-0.25, -0.2) is 0 Å². The first-order valence-corrected chi connectivity index (χ1v) is 8.21. The van der Waals surface area contributed by atoms with E-state index in [0.717, 1.165) is 4.90 Å². The number of carbonyl (C=O) groups excluding carboxylic acids is 1. The van der Waals surface area contributed by atoms with Crippen LogP contribution in [0.15, 0.2) is 29.2 Å². The van der Waals surface area contributed by atoms with Gasteiger partial charge in [-0.05, 0) is 23.1 Å². The molecule has 0 unspecified atom stereocenters. The normalized spacial score (nSPS) is 12.3. The Morgan fingerprint density at radius 1 is 1.17 bits per heavy atom. The standard InChI is InChI=1S/C16H22F3NO2S/c1-15(2,3)12-4-6-13(7-5-12)23-10-14(21)20-8-9-22-11-16(17,18)19/h4-7H,8-11H2,1-3H3,(H,20,21). The summed E-state index contributed by atoms with van der Waals surface area (Å²) in [5.41, 5.74) is 1.30. The summed E-state index contributed by atoms with van der Waals surface area (Å²) in [7, 11) is 0. The predicted octanol–water partition coefficient (Wildman–Crippen LogP) is 3.77. The lowest BCUT2D eigenvalue weighted by Crippen LogP contribution is -2.30. The number of rotatable bonds is 7. The van der Waals surface area contributed by atoms with E-state index in [1.165, 1.54) is 17.3 Å². The van der Waals surface area contributed by atoms with Gasteiger partial charge in [-0.1, -0.05) is 32.9 Å². The molecule has 0 fully saturated rings. The van der Waals surface area contributed by atoms with Crippen LogP contribution < -0.4 is 5.32 Å². The molecule has 1 aromatic rings. The number of alkyl halides is 3. The topological polar surface area (TPSA) is 38.3 Å². The highest BCUT2D eigenvalue weighted by atomic mass is 32.2. The van der Waals surface area contributed by atoms with Gasteiger partial charge in [-0.3, -0.25) is 4.79 Å². The molecule has 23 heavy (non-hydrogen) atoms. The van der Waals surface area contributed by atoms with Gasteiger partial charge in [0.05, 0.1) is 12.4 Å². The van der Waals surface area contributed by atoms with Gasteiger partial charge in [0.2, 0.25) is 5.91 Å². The van der Waals surface area contributed by atoms with Crippen molar-refractivity contribution in [3.05, 3.63) is 29.8 Å². The second-order valence-electron chi connectivity index (χ2n) is 6.08. The highest BCUT2D eigenvalue weighted by Crippen LogP contribution is 2.25. The lowest BCUT2D eigenvalue weighted by molar-refractivity contribution is -0.173. The molecule has 0 heterocycles. The summed E-state index contributed by atoms with van der Waals surface area (Å²) in [5, 5.41) is 2.52. The number of hydrogen-bond acceptors (Lipinski definition) is 3. The summed E-state index contributed by atoms with van der Waals surface area (Å²) < 4.78 is 39.9. The zero-order valence-corrected chi connectivity index (χ0v) is 14.3. The fourth-order valence-corrected chi connectivity index (χ4v) is 2.43. The number of benzene rings is 1. The zero-order chi connectivity index (χ0) is 17.5. The Morgan fingerprint density at radius 2 is 1.78 bits per heavy atom. The van der Waals surface area contributed by atoms with Gasteiger partial charge in [-0.15, -0.1) is 11.8 Å². The number of hydrogen-bond donors (Lipinski definition) is 1. The average molecular weight is 349 g/mol. The molecule has 0 aliphatic rings. The van der Waals surface area contributed by atoms with E-state index >= 15 is 0 Å². The number of carbonyl (C=O) groups is 1. The lowest BCUT2D eigenvalue weighted by atomic mass is 9.87. The maximum absolute atomic E-state index is 11.8. The van der Waals surface area contributed by atoms with Crippen LogP contribution in [0.2, 0.25) is 0 Å². The molecule has 0 aliphatic carbocycles. The summed E-state index contributed by atoms with van der Waals surface area (Å²) >= 11 is 1.38. The van der Waals surface area contributed by atoms with Gasteiger partial charge in [0.1, 0.15) is 6.61 Å². The van der Waals surface area contributed by atoms with Crippen LogP contribution in [-0.4, -0.2) is 37.6 Å². The van der Waals surface area contributed by atoms with Gasteiger partial charge < -0.3 is 10.1 Å². The van der Waals surface area contributed by atoms with Gasteiger partial charge in [0.25, 0.3) is 0 Å². The smallest absolute Gasteiger partial charge is 0.370 e. The third-order valence-corrected chi connectivity index (χ3v) is 3.94. The highest BCUT2D eigenvalue weighted by molar-refractivity contribution is 8.00. The van der Waals surface area contributed by atoms with Crippen LogP contribution in [-0.2, 0) is 14.9 Å². The lowest BCUT2D eigenvalue weighted by Gasteiger charge is -2.19. The molecule has 1 amide bonds. The molecule has 0 aliphatic heterocycles. The SMILES string of the molecule is CC(C)(C)c1ccc(SCC(=O)NCCOCC(F)(F)F)cc1. The Bertz CT molecular complexity index is 496. The maximum Gasteiger partial charge on any atom is 0.411 e. The monoisotopic (exact) mass is 349 g/mol. The van der Waals surface area contributed by atoms with Crippen LogP contribution in [0.25, 0.3) is 0 Å². The average Bonchev–Trinajstić information content (AvgIpc) is 2.43.